The molecule has 0 aliphatic heterocycles. The number of aromatic nitrogens is 1. The fraction of sp³-hybridized carbons (Fsp3) is 0.333. The number of hydrogen-bond donors (Lipinski definition) is 1. The summed E-state index contributed by atoms with van der Waals surface area (Å²) in [6.07, 6.45) is 0.123. The Hall–Kier alpha value is -1.88. The van der Waals surface area contributed by atoms with Crippen molar-refractivity contribution < 1.29 is 9.90 Å². The highest BCUT2D eigenvalue weighted by Crippen LogP contribution is 2.28. The summed E-state index contributed by atoms with van der Waals surface area (Å²) in [4.78, 5) is 17.4. The second kappa shape index (κ2) is 6.52. The van der Waals surface area contributed by atoms with Gasteiger partial charge >= 0.3 is 5.97 Å². The first-order valence-corrected chi connectivity index (χ1v) is 7.45. The van der Waals surface area contributed by atoms with E-state index in [1.54, 1.807) is 11.3 Å². The minimum atomic E-state index is -0.782. The molecule has 0 unspecified atom stereocenters. The zero-order valence-electron chi connectivity index (χ0n) is 11.6. The lowest BCUT2D eigenvalue weighted by atomic mass is 10.2. The van der Waals surface area contributed by atoms with Crippen LogP contribution in [0.2, 0.25) is 0 Å². The van der Waals surface area contributed by atoms with Crippen molar-refractivity contribution in [2.24, 2.45) is 0 Å². The van der Waals surface area contributed by atoms with E-state index < -0.39 is 5.97 Å². The number of nitrogens with zero attached hydrogens (tertiary/aromatic N) is 2. The van der Waals surface area contributed by atoms with Gasteiger partial charge in [-0.3, -0.25) is 4.79 Å². The third kappa shape index (κ3) is 3.57. The predicted octanol–water partition coefficient (Wildman–Crippen LogP) is 3.50. The first-order chi connectivity index (χ1) is 9.58. The Morgan fingerprint density at radius 1 is 1.35 bits per heavy atom. The van der Waals surface area contributed by atoms with Crippen molar-refractivity contribution in [1.29, 1.82) is 0 Å². The number of anilines is 1. The van der Waals surface area contributed by atoms with Gasteiger partial charge < -0.3 is 10.0 Å². The van der Waals surface area contributed by atoms with Crippen molar-refractivity contribution in [3.63, 3.8) is 0 Å². The molecule has 0 fully saturated rings. The lowest BCUT2D eigenvalue weighted by Crippen LogP contribution is -2.32. The van der Waals surface area contributed by atoms with Gasteiger partial charge in [-0.05, 0) is 13.8 Å². The van der Waals surface area contributed by atoms with Crippen molar-refractivity contribution in [1.82, 2.24) is 4.98 Å². The van der Waals surface area contributed by atoms with E-state index in [2.05, 4.69) is 4.98 Å². The standard InChI is InChI=1S/C15H18N2O2S/c1-11(2)17(9-8-14(18)19)15-16-13(10-20-15)12-6-4-3-5-7-12/h3-7,10-11H,8-9H2,1-2H3,(H,18,19). The average molecular weight is 290 g/mol. The molecule has 0 bridgehead atoms. The van der Waals surface area contributed by atoms with Crippen LogP contribution in [0.15, 0.2) is 35.7 Å². The molecule has 1 N–H and O–H groups in total. The number of aliphatic carboxylic acids is 1. The van der Waals surface area contributed by atoms with Crippen LogP contribution in [0, 0.1) is 0 Å². The van der Waals surface area contributed by atoms with E-state index in [1.165, 1.54) is 0 Å². The highest BCUT2D eigenvalue weighted by Gasteiger charge is 2.16. The van der Waals surface area contributed by atoms with Gasteiger partial charge in [0.25, 0.3) is 0 Å². The molecule has 4 nitrogen and oxygen atoms in total. The van der Waals surface area contributed by atoms with E-state index in [1.807, 2.05) is 54.5 Å². The van der Waals surface area contributed by atoms with Crippen LogP contribution in [0.25, 0.3) is 11.3 Å². The topological polar surface area (TPSA) is 53.4 Å². The first-order valence-electron chi connectivity index (χ1n) is 6.57. The van der Waals surface area contributed by atoms with Crippen LogP contribution in [-0.2, 0) is 4.79 Å². The molecule has 0 saturated heterocycles. The summed E-state index contributed by atoms with van der Waals surface area (Å²) in [6.45, 7) is 4.58. The Morgan fingerprint density at radius 3 is 2.65 bits per heavy atom. The van der Waals surface area contributed by atoms with Gasteiger partial charge in [0.2, 0.25) is 0 Å². The minimum Gasteiger partial charge on any atom is -0.481 e. The largest absolute Gasteiger partial charge is 0.481 e. The summed E-state index contributed by atoms with van der Waals surface area (Å²) < 4.78 is 0. The normalized spacial score (nSPS) is 10.8. The molecule has 0 radical (unpaired) electrons. The highest BCUT2D eigenvalue weighted by molar-refractivity contribution is 7.14. The Bertz CT molecular complexity index is 566. The zero-order valence-corrected chi connectivity index (χ0v) is 12.4. The van der Waals surface area contributed by atoms with Crippen LogP contribution in [0.1, 0.15) is 20.3 Å². The SMILES string of the molecule is CC(C)N(CCC(=O)O)c1nc(-c2ccccc2)cs1. The fourth-order valence-corrected chi connectivity index (χ4v) is 2.92. The molecule has 0 atom stereocenters. The lowest BCUT2D eigenvalue weighted by molar-refractivity contribution is -0.136. The summed E-state index contributed by atoms with van der Waals surface area (Å²) >= 11 is 1.55. The molecule has 106 valence electrons. The van der Waals surface area contributed by atoms with Gasteiger partial charge in [-0.2, -0.15) is 0 Å². The number of carboxylic acid groups (broad SMARTS) is 1. The number of rotatable bonds is 6. The molecule has 0 amide bonds. The lowest BCUT2D eigenvalue weighted by Gasteiger charge is -2.25. The van der Waals surface area contributed by atoms with Gasteiger partial charge in [-0.1, -0.05) is 30.3 Å². The van der Waals surface area contributed by atoms with Gasteiger partial charge in [-0.15, -0.1) is 11.3 Å². The Labute approximate surface area is 122 Å². The number of hydrogen-bond acceptors (Lipinski definition) is 4. The van der Waals surface area contributed by atoms with Gasteiger partial charge in [-0.25, -0.2) is 4.98 Å². The molecule has 5 heteroatoms. The molecule has 1 aromatic carbocycles. The van der Waals surface area contributed by atoms with Crippen LogP contribution < -0.4 is 4.90 Å². The van der Waals surface area contributed by atoms with E-state index >= 15 is 0 Å². The van der Waals surface area contributed by atoms with E-state index in [0.29, 0.717) is 6.54 Å². The van der Waals surface area contributed by atoms with Crippen molar-refractivity contribution in [2.75, 3.05) is 11.4 Å². The van der Waals surface area contributed by atoms with Crippen LogP contribution >= 0.6 is 11.3 Å². The third-order valence-electron chi connectivity index (χ3n) is 3.00. The van der Waals surface area contributed by atoms with Gasteiger partial charge in [0.15, 0.2) is 5.13 Å². The quantitative estimate of drug-likeness (QED) is 0.884. The smallest absolute Gasteiger partial charge is 0.305 e. The van der Waals surface area contributed by atoms with Gasteiger partial charge in [0.05, 0.1) is 12.1 Å². The molecule has 1 aromatic heterocycles. The molecule has 2 aromatic rings. The van der Waals surface area contributed by atoms with E-state index in [4.69, 9.17) is 5.11 Å². The maximum atomic E-state index is 10.7. The Balaban J connectivity index is 2.18. The van der Waals surface area contributed by atoms with Crippen molar-refractivity contribution in [3.8, 4) is 11.3 Å². The Morgan fingerprint density at radius 2 is 2.05 bits per heavy atom. The van der Waals surface area contributed by atoms with E-state index in [9.17, 15) is 4.79 Å². The summed E-state index contributed by atoms with van der Waals surface area (Å²) in [5, 5.41) is 11.7. The van der Waals surface area contributed by atoms with Crippen LogP contribution in [0.3, 0.4) is 0 Å². The maximum Gasteiger partial charge on any atom is 0.305 e. The number of carboxylic acids is 1. The molecular formula is C15H18N2O2S. The van der Waals surface area contributed by atoms with Crippen molar-refractivity contribution >= 4 is 22.4 Å². The molecule has 2 rings (SSSR count). The summed E-state index contributed by atoms with van der Waals surface area (Å²) in [5.74, 6) is -0.782. The molecular weight excluding hydrogens is 272 g/mol. The molecule has 0 aliphatic carbocycles. The number of carbonyl (C=O) groups is 1. The fourth-order valence-electron chi connectivity index (χ4n) is 1.93. The van der Waals surface area contributed by atoms with Crippen molar-refractivity contribution in [3.05, 3.63) is 35.7 Å². The molecule has 1 heterocycles. The average Bonchev–Trinajstić information content (AvgIpc) is 2.89. The molecule has 0 aliphatic rings. The maximum absolute atomic E-state index is 10.7. The monoisotopic (exact) mass is 290 g/mol. The molecule has 0 saturated carbocycles. The van der Waals surface area contributed by atoms with Crippen molar-refractivity contribution in [2.45, 2.75) is 26.3 Å². The Kier molecular flexibility index (Phi) is 4.74. The van der Waals surface area contributed by atoms with E-state index in [0.717, 1.165) is 16.4 Å². The first kappa shape index (κ1) is 14.5. The van der Waals surface area contributed by atoms with Crippen LogP contribution in [0.4, 0.5) is 5.13 Å². The second-order valence-corrected chi connectivity index (χ2v) is 5.65. The second-order valence-electron chi connectivity index (χ2n) is 4.81. The summed E-state index contributed by atoms with van der Waals surface area (Å²) in [6, 6.07) is 10.2. The van der Waals surface area contributed by atoms with Gasteiger partial charge in [0.1, 0.15) is 0 Å². The number of thiazole rings is 1. The highest BCUT2D eigenvalue weighted by atomic mass is 32.1. The van der Waals surface area contributed by atoms with E-state index in [-0.39, 0.29) is 12.5 Å². The minimum absolute atomic E-state index is 0.123. The molecule has 0 spiro atoms. The third-order valence-corrected chi connectivity index (χ3v) is 3.87. The number of benzene rings is 1. The zero-order chi connectivity index (χ0) is 14.5. The summed E-state index contributed by atoms with van der Waals surface area (Å²) in [5.41, 5.74) is 2.02. The predicted molar refractivity (Wildman–Crippen MR) is 82.3 cm³/mol. The van der Waals surface area contributed by atoms with Crippen LogP contribution in [-0.4, -0.2) is 28.6 Å². The van der Waals surface area contributed by atoms with Crippen LogP contribution in [0.5, 0.6) is 0 Å². The summed E-state index contributed by atoms with van der Waals surface area (Å²) in [7, 11) is 0. The van der Waals surface area contributed by atoms with Gasteiger partial charge in [0, 0.05) is 23.5 Å². The molecule has 20 heavy (non-hydrogen) atoms.